The third-order valence-electron chi connectivity index (χ3n) is 2.88. The number of rotatable bonds is 7. The van der Waals surface area contributed by atoms with Crippen LogP contribution in [0.15, 0.2) is 28.8 Å². The Morgan fingerprint density at radius 1 is 1.40 bits per heavy atom. The molecule has 6 heteroatoms. The highest BCUT2D eigenvalue weighted by molar-refractivity contribution is 7.97. The van der Waals surface area contributed by atoms with Gasteiger partial charge < -0.3 is 9.84 Å². The first-order chi connectivity index (χ1) is 9.67. The van der Waals surface area contributed by atoms with E-state index in [2.05, 4.69) is 28.4 Å². The summed E-state index contributed by atoms with van der Waals surface area (Å²) in [6, 6.07) is 8.22. The van der Waals surface area contributed by atoms with Crippen molar-refractivity contribution in [2.45, 2.75) is 30.9 Å². The van der Waals surface area contributed by atoms with Crippen molar-refractivity contribution in [3.05, 3.63) is 46.6 Å². The minimum Gasteiger partial charge on any atom is -0.338 e. The molecular weight excluding hydrogens is 294 g/mol. The second kappa shape index (κ2) is 7.67. The highest BCUT2D eigenvalue weighted by atomic mass is 35.5. The number of aromatic nitrogens is 2. The van der Waals surface area contributed by atoms with Gasteiger partial charge in [-0.05, 0) is 31.7 Å². The van der Waals surface area contributed by atoms with E-state index in [0.717, 1.165) is 23.0 Å². The molecule has 1 atom stereocenters. The summed E-state index contributed by atoms with van der Waals surface area (Å²) < 4.78 is 5.24. The maximum absolute atomic E-state index is 5.95. The summed E-state index contributed by atoms with van der Waals surface area (Å²) in [5.41, 5.74) is 1.20. The molecule has 2 rings (SSSR count). The molecule has 1 unspecified atom stereocenters. The molecule has 1 aromatic carbocycles. The maximum Gasteiger partial charge on any atom is 0.236 e. The molecule has 0 fully saturated rings. The lowest BCUT2D eigenvalue weighted by molar-refractivity contribution is 0.382. The summed E-state index contributed by atoms with van der Waals surface area (Å²) in [6.45, 7) is 2.09. The number of thioether (sulfide) groups is 1. The normalized spacial score (nSPS) is 12.6. The zero-order valence-electron chi connectivity index (χ0n) is 11.6. The van der Waals surface area contributed by atoms with E-state index in [0.29, 0.717) is 17.7 Å². The Morgan fingerprint density at radius 3 is 3.00 bits per heavy atom. The average molecular weight is 312 g/mol. The third kappa shape index (κ3) is 4.81. The topological polar surface area (TPSA) is 51.0 Å². The Hall–Kier alpha value is -1.04. The minimum absolute atomic E-state index is 0.347. The summed E-state index contributed by atoms with van der Waals surface area (Å²) in [6.07, 6.45) is 0.777. The van der Waals surface area contributed by atoms with Crippen LogP contribution in [0, 0.1) is 0 Å². The third-order valence-corrected chi connectivity index (χ3v) is 4.10. The summed E-state index contributed by atoms with van der Waals surface area (Å²) in [5, 5.41) is 7.90. The second-order valence-corrected chi connectivity index (χ2v) is 6.04. The van der Waals surface area contributed by atoms with E-state index in [1.54, 1.807) is 11.8 Å². The first kappa shape index (κ1) is 15.4. The van der Waals surface area contributed by atoms with Crippen LogP contribution in [-0.4, -0.2) is 23.2 Å². The first-order valence-corrected chi connectivity index (χ1v) is 8.01. The smallest absolute Gasteiger partial charge is 0.236 e. The molecule has 0 saturated heterocycles. The second-order valence-electron chi connectivity index (χ2n) is 4.62. The van der Waals surface area contributed by atoms with E-state index < -0.39 is 0 Å². The van der Waals surface area contributed by atoms with Crippen LogP contribution < -0.4 is 5.32 Å². The van der Waals surface area contributed by atoms with Crippen molar-refractivity contribution >= 4 is 23.4 Å². The van der Waals surface area contributed by atoms with Crippen molar-refractivity contribution in [2.24, 2.45) is 0 Å². The van der Waals surface area contributed by atoms with Crippen LogP contribution in [0.1, 0.15) is 24.2 Å². The standard InChI is InChI=1S/C14H18ClN3OS/c1-10(16-2)6-13-17-14(19-18-13)9-20-8-11-4-3-5-12(15)7-11/h3-5,7,10,16H,6,8-9H2,1-2H3. The van der Waals surface area contributed by atoms with Gasteiger partial charge in [-0.1, -0.05) is 28.9 Å². The first-order valence-electron chi connectivity index (χ1n) is 6.48. The van der Waals surface area contributed by atoms with Gasteiger partial charge in [0.15, 0.2) is 5.82 Å². The number of benzene rings is 1. The van der Waals surface area contributed by atoms with E-state index in [1.807, 2.05) is 25.2 Å². The van der Waals surface area contributed by atoms with Crippen molar-refractivity contribution in [2.75, 3.05) is 7.05 Å². The molecule has 20 heavy (non-hydrogen) atoms. The van der Waals surface area contributed by atoms with Gasteiger partial charge in [0.2, 0.25) is 5.89 Å². The van der Waals surface area contributed by atoms with E-state index in [-0.39, 0.29) is 0 Å². The lowest BCUT2D eigenvalue weighted by atomic mass is 10.2. The van der Waals surface area contributed by atoms with Crippen LogP contribution in [0.25, 0.3) is 0 Å². The van der Waals surface area contributed by atoms with Crippen molar-refractivity contribution in [3.63, 3.8) is 0 Å². The SMILES string of the molecule is CNC(C)Cc1noc(CSCc2cccc(Cl)c2)n1. The molecule has 108 valence electrons. The monoisotopic (exact) mass is 311 g/mol. The molecule has 0 aliphatic heterocycles. The van der Waals surface area contributed by atoms with Crippen LogP contribution in [0.2, 0.25) is 5.02 Å². The number of nitrogens with one attached hydrogen (secondary N) is 1. The van der Waals surface area contributed by atoms with Crippen LogP contribution in [0.5, 0.6) is 0 Å². The van der Waals surface area contributed by atoms with E-state index in [4.69, 9.17) is 16.1 Å². The van der Waals surface area contributed by atoms with Crippen LogP contribution in [0.4, 0.5) is 0 Å². The number of nitrogens with zero attached hydrogens (tertiary/aromatic N) is 2. The van der Waals surface area contributed by atoms with Crippen LogP contribution in [0.3, 0.4) is 0 Å². The molecule has 1 heterocycles. The van der Waals surface area contributed by atoms with E-state index >= 15 is 0 Å². The fourth-order valence-electron chi connectivity index (χ4n) is 1.69. The Kier molecular flexibility index (Phi) is 5.88. The quantitative estimate of drug-likeness (QED) is 0.850. The minimum atomic E-state index is 0.347. The van der Waals surface area contributed by atoms with Gasteiger partial charge in [-0.2, -0.15) is 4.98 Å². The van der Waals surface area contributed by atoms with Gasteiger partial charge in [0, 0.05) is 23.2 Å². The van der Waals surface area contributed by atoms with Crippen molar-refractivity contribution in [1.29, 1.82) is 0 Å². The van der Waals surface area contributed by atoms with Crippen molar-refractivity contribution < 1.29 is 4.52 Å². The summed E-state index contributed by atoms with van der Waals surface area (Å²) in [5.74, 6) is 3.03. The number of likely N-dealkylation sites (N-methyl/N-ethyl adjacent to an activating group) is 1. The molecule has 0 aliphatic rings. The Balaban J connectivity index is 1.79. The van der Waals surface area contributed by atoms with Gasteiger partial charge >= 0.3 is 0 Å². The zero-order chi connectivity index (χ0) is 14.4. The predicted molar refractivity (Wildman–Crippen MR) is 83.0 cm³/mol. The zero-order valence-corrected chi connectivity index (χ0v) is 13.2. The number of hydrogen-bond donors (Lipinski definition) is 1. The summed E-state index contributed by atoms with van der Waals surface area (Å²) >= 11 is 7.69. The van der Waals surface area contributed by atoms with Gasteiger partial charge in [0.05, 0.1) is 5.75 Å². The molecule has 0 spiro atoms. The van der Waals surface area contributed by atoms with Crippen LogP contribution in [-0.2, 0) is 17.9 Å². The maximum atomic E-state index is 5.95. The number of hydrogen-bond acceptors (Lipinski definition) is 5. The Bertz CT molecular complexity index is 547. The Morgan fingerprint density at radius 2 is 2.25 bits per heavy atom. The molecule has 0 aliphatic carbocycles. The summed E-state index contributed by atoms with van der Waals surface area (Å²) in [7, 11) is 1.92. The lowest BCUT2D eigenvalue weighted by Gasteiger charge is -2.04. The number of halogens is 1. The molecule has 1 N–H and O–H groups in total. The van der Waals surface area contributed by atoms with Crippen molar-refractivity contribution in [3.8, 4) is 0 Å². The highest BCUT2D eigenvalue weighted by Crippen LogP contribution is 2.19. The Labute approximate surface area is 128 Å². The largest absolute Gasteiger partial charge is 0.338 e. The van der Waals surface area contributed by atoms with Gasteiger partial charge in [-0.3, -0.25) is 0 Å². The molecule has 0 amide bonds. The fourth-order valence-corrected chi connectivity index (χ4v) is 2.71. The summed E-state index contributed by atoms with van der Waals surface area (Å²) in [4.78, 5) is 4.38. The van der Waals surface area contributed by atoms with Gasteiger partial charge in [0.25, 0.3) is 0 Å². The van der Waals surface area contributed by atoms with Crippen LogP contribution >= 0.6 is 23.4 Å². The fraction of sp³-hybridized carbons (Fsp3) is 0.429. The van der Waals surface area contributed by atoms with Gasteiger partial charge in [0.1, 0.15) is 0 Å². The molecule has 0 bridgehead atoms. The van der Waals surface area contributed by atoms with Gasteiger partial charge in [-0.25, -0.2) is 0 Å². The average Bonchev–Trinajstić information content (AvgIpc) is 2.86. The molecular formula is C14H18ClN3OS. The lowest BCUT2D eigenvalue weighted by Crippen LogP contribution is -2.24. The predicted octanol–water partition coefficient (Wildman–Crippen LogP) is 3.31. The molecule has 4 nitrogen and oxygen atoms in total. The van der Waals surface area contributed by atoms with E-state index in [1.165, 1.54) is 5.56 Å². The molecule has 2 aromatic rings. The molecule has 1 aromatic heterocycles. The van der Waals surface area contributed by atoms with Gasteiger partial charge in [-0.15, -0.1) is 11.8 Å². The molecule has 0 saturated carbocycles. The van der Waals surface area contributed by atoms with Crippen molar-refractivity contribution in [1.82, 2.24) is 15.5 Å². The highest BCUT2D eigenvalue weighted by Gasteiger charge is 2.09. The molecule has 0 radical (unpaired) electrons. The van der Waals surface area contributed by atoms with E-state index in [9.17, 15) is 0 Å².